The summed E-state index contributed by atoms with van der Waals surface area (Å²) < 4.78 is 27.0. The standard InChI is InChI=1S/C16H26N2O2S/c1-12(2)10-13(3)18(4)21(19,20)15-7-8-16-14(11-15)6-5-9-17-16/h7-8,11-13,17H,5-6,9-10H2,1-4H3. The molecule has 0 aliphatic carbocycles. The summed E-state index contributed by atoms with van der Waals surface area (Å²) in [5.74, 6) is 0.477. The van der Waals surface area contributed by atoms with Crippen LogP contribution >= 0.6 is 0 Å². The highest BCUT2D eigenvalue weighted by atomic mass is 32.2. The lowest BCUT2D eigenvalue weighted by Gasteiger charge is -2.26. The molecule has 1 unspecified atom stereocenters. The maximum Gasteiger partial charge on any atom is 0.243 e. The topological polar surface area (TPSA) is 49.4 Å². The number of sulfonamides is 1. The van der Waals surface area contributed by atoms with E-state index in [1.165, 1.54) is 4.31 Å². The van der Waals surface area contributed by atoms with Gasteiger partial charge in [0, 0.05) is 25.3 Å². The zero-order valence-corrected chi connectivity index (χ0v) is 14.2. The fourth-order valence-corrected chi connectivity index (χ4v) is 4.27. The molecule has 0 aromatic heterocycles. The molecule has 1 N–H and O–H groups in total. The highest BCUT2D eigenvalue weighted by molar-refractivity contribution is 7.89. The Labute approximate surface area is 128 Å². The first-order valence-electron chi connectivity index (χ1n) is 7.67. The summed E-state index contributed by atoms with van der Waals surface area (Å²) in [4.78, 5) is 0.406. The van der Waals surface area contributed by atoms with E-state index in [4.69, 9.17) is 0 Å². The average Bonchev–Trinajstić information content (AvgIpc) is 2.45. The molecule has 0 saturated carbocycles. The van der Waals surface area contributed by atoms with Crippen molar-refractivity contribution in [2.24, 2.45) is 5.92 Å². The van der Waals surface area contributed by atoms with Gasteiger partial charge in [0.1, 0.15) is 0 Å². The molecule has 0 bridgehead atoms. The Morgan fingerprint density at radius 1 is 1.29 bits per heavy atom. The lowest BCUT2D eigenvalue weighted by Crippen LogP contribution is -2.36. The highest BCUT2D eigenvalue weighted by Gasteiger charge is 2.26. The first-order chi connectivity index (χ1) is 9.82. The number of rotatable bonds is 5. The van der Waals surface area contributed by atoms with E-state index < -0.39 is 10.0 Å². The van der Waals surface area contributed by atoms with Crippen molar-refractivity contribution in [3.05, 3.63) is 23.8 Å². The van der Waals surface area contributed by atoms with E-state index in [9.17, 15) is 8.42 Å². The van der Waals surface area contributed by atoms with Crippen molar-refractivity contribution in [3.8, 4) is 0 Å². The second-order valence-electron chi connectivity index (χ2n) is 6.35. The van der Waals surface area contributed by atoms with Crippen molar-refractivity contribution in [1.29, 1.82) is 0 Å². The molecule has 21 heavy (non-hydrogen) atoms. The van der Waals surface area contributed by atoms with Gasteiger partial charge in [-0.15, -0.1) is 0 Å². The third kappa shape index (κ3) is 3.58. The molecule has 1 aromatic carbocycles. The van der Waals surface area contributed by atoms with Crippen LogP contribution in [0.2, 0.25) is 0 Å². The Hall–Kier alpha value is -1.07. The van der Waals surface area contributed by atoms with E-state index >= 15 is 0 Å². The maximum atomic E-state index is 12.7. The number of nitrogens with one attached hydrogen (secondary N) is 1. The zero-order chi connectivity index (χ0) is 15.6. The zero-order valence-electron chi connectivity index (χ0n) is 13.4. The third-order valence-electron chi connectivity index (χ3n) is 4.13. The molecule has 0 amide bonds. The van der Waals surface area contributed by atoms with Crippen LogP contribution in [-0.2, 0) is 16.4 Å². The number of benzene rings is 1. The van der Waals surface area contributed by atoms with Crippen molar-refractivity contribution >= 4 is 15.7 Å². The van der Waals surface area contributed by atoms with Crippen LogP contribution in [-0.4, -0.2) is 32.4 Å². The minimum absolute atomic E-state index is 0.00385. The predicted octanol–water partition coefficient (Wildman–Crippen LogP) is 3.10. The molecule has 1 heterocycles. The van der Waals surface area contributed by atoms with Crippen LogP contribution < -0.4 is 5.32 Å². The summed E-state index contributed by atoms with van der Waals surface area (Å²) in [6, 6.07) is 5.44. The number of fused-ring (bicyclic) bond motifs is 1. The fraction of sp³-hybridized carbons (Fsp3) is 0.625. The minimum Gasteiger partial charge on any atom is -0.385 e. The summed E-state index contributed by atoms with van der Waals surface area (Å²) in [6.45, 7) is 7.16. The van der Waals surface area contributed by atoms with Crippen LogP contribution in [0.25, 0.3) is 0 Å². The van der Waals surface area contributed by atoms with Crippen LogP contribution in [0.4, 0.5) is 5.69 Å². The van der Waals surface area contributed by atoms with E-state index in [-0.39, 0.29) is 6.04 Å². The largest absolute Gasteiger partial charge is 0.385 e. The van der Waals surface area contributed by atoms with Crippen molar-refractivity contribution in [2.75, 3.05) is 18.9 Å². The summed E-state index contributed by atoms with van der Waals surface area (Å²) in [6.07, 6.45) is 2.86. The average molecular weight is 310 g/mol. The van der Waals surface area contributed by atoms with Crippen molar-refractivity contribution < 1.29 is 8.42 Å². The van der Waals surface area contributed by atoms with Gasteiger partial charge in [-0.3, -0.25) is 0 Å². The van der Waals surface area contributed by atoms with Gasteiger partial charge in [-0.05, 0) is 55.9 Å². The molecule has 1 aliphatic rings. The Kier molecular flexibility index (Phi) is 4.94. The van der Waals surface area contributed by atoms with Crippen molar-refractivity contribution in [3.63, 3.8) is 0 Å². The monoisotopic (exact) mass is 310 g/mol. The molecule has 118 valence electrons. The smallest absolute Gasteiger partial charge is 0.243 e. The van der Waals surface area contributed by atoms with E-state index in [0.29, 0.717) is 10.8 Å². The van der Waals surface area contributed by atoms with Crippen LogP contribution in [0, 0.1) is 5.92 Å². The van der Waals surface area contributed by atoms with Crippen LogP contribution in [0.5, 0.6) is 0 Å². The molecule has 0 radical (unpaired) electrons. The van der Waals surface area contributed by atoms with Gasteiger partial charge < -0.3 is 5.32 Å². The van der Waals surface area contributed by atoms with Gasteiger partial charge in [-0.1, -0.05) is 13.8 Å². The molecule has 0 fully saturated rings. The summed E-state index contributed by atoms with van der Waals surface area (Å²) in [5.41, 5.74) is 2.17. The van der Waals surface area contributed by atoms with Crippen LogP contribution in [0.3, 0.4) is 0 Å². The molecule has 2 rings (SSSR count). The number of aryl methyl sites for hydroxylation is 1. The van der Waals surface area contributed by atoms with Gasteiger partial charge in [0.25, 0.3) is 0 Å². The summed E-state index contributed by atoms with van der Waals surface area (Å²) in [5, 5.41) is 3.31. The summed E-state index contributed by atoms with van der Waals surface area (Å²) in [7, 11) is -1.73. The van der Waals surface area contributed by atoms with E-state index in [1.807, 2.05) is 19.1 Å². The third-order valence-corrected chi connectivity index (χ3v) is 6.09. The predicted molar refractivity (Wildman–Crippen MR) is 87.1 cm³/mol. The molecule has 1 aromatic rings. The number of hydrogen-bond acceptors (Lipinski definition) is 3. The Balaban J connectivity index is 2.26. The second kappa shape index (κ2) is 6.36. The Morgan fingerprint density at radius 3 is 2.67 bits per heavy atom. The fourth-order valence-electron chi connectivity index (χ4n) is 2.85. The Morgan fingerprint density at radius 2 is 2.00 bits per heavy atom. The van der Waals surface area contributed by atoms with Gasteiger partial charge in [0.2, 0.25) is 10.0 Å². The Bertz CT molecular complexity index is 596. The molecular weight excluding hydrogens is 284 g/mol. The molecule has 0 spiro atoms. The first kappa shape index (κ1) is 16.3. The number of nitrogens with zero attached hydrogens (tertiary/aromatic N) is 1. The lowest BCUT2D eigenvalue weighted by molar-refractivity contribution is 0.338. The van der Waals surface area contributed by atoms with Gasteiger partial charge in [-0.2, -0.15) is 4.31 Å². The maximum absolute atomic E-state index is 12.7. The highest BCUT2D eigenvalue weighted by Crippen LogP contribution is 2.27. The van der Waals surface area contributed by atoms with E-state index in [0.717, 1.165) is 37.1 Å². The molecule has 1 atom stereocenters. The summed E-state index contributed by atoms with van der Waals surface area (Å²) >= 11 is 0. The minimum atomic E-state index is -3.41. The van der Waals surface area contributed by atoms with E-state index in [1.54, 1.807) is 13.1 Å². The van der Waals surface area contributed by atoms with Crippen LogP contribution in [0.1, 0.15) is 39.2 Å². The van der Waals surface area contributed by atoms with Gasteiger partial charge >= 0.3 is 0 Å². The SMILES string of the molecule is CC(C)CC(C)N(C)S(=O)(=O)c1ccc2c(c1)CCCN2. The first-order valence-corrected chi connectivity index (χ1v) is 9.11. The van der Waals surface area contributed by atoms with Gasteiger partial charge in [-0.25, -0.2) is 8.42 Å². The molecule has 5 heteroatoms. The molecular formula is C16H26N2O2S. The molecule has 4 nitrogen and oxygen atoms in total. The molecule has 0 saturated heterocycles. The van der Waals surface area contributed by atoms with Gasteiger partial charge in [0.15, 0.2) is 0 Å². The molecule has 1 aliphatic heterocycles. The lowest BCUT2D eigenvalue weighted by atomic mass is 10.0. The van der Waals surface area contributed by atoms with Crippen molar-refractivity contribution in [2.45, 2.75) is 51.0 Å². The number of anilines is 1. The number of hydrogen-bond donors (Lipinski definition) is 1. The quantitative estimate of drug-likeness (QED) is 0.909. The normalized spacial score (nSPS) is 16.7. The van der Waals surface area contributed by atoms with Gasteiger partial charge in [0.05, 0.1) is 4.90 Å². The van der Waals surface area contributed by atoms with E-state index in [2.05, 4.69) is 19.2 Å². The second-order valence-corrected chi connectivity index (χ2v) is 8.35. The van der Waals surface area contributed by atoms with Crippen LogP contribution in [0.15, 0.2) is 23.1 Å². The van der Waals surface area contributed by atoms with Crippen molar-refractivity contribution in [1.82, 2.24) is 4.31 Å².